The van der Waals surface area contributed by atoms with Gasteiger partial charge in [0.1, 0.15) is 128 Å². The predicted octanol–water partition coefficient (Wildman–Crippen LogP) is -3.88. The molecule has 15 aliphatic rings. The summed E-state index contributed by atoms with van der Waals surface area (Å²) in [7, 11) is 0. The number of hydrogen-bond acceptors (Lipinski definition) is 32. The van der Waals surface area contributed by atoms with Crippen LogP contribution in [0, 0.1) is 0 Å². The number of aliphatic hydroxyl groups excluding tert-OH is 17. The Morgan fingerprint density at radius 1 is 0.307 bits per heavy atom. The summed E-state index contributed by atoms with van der Waals surface area (Å²) in [6.45, 7) is 14.2. The predicted molar refractivity (Wildman–Crippen MR) is 291 cm³/mol. The second-order valence-electron chi connectivity index (χ2n) is 23.6. The van der Waals surface area contributed by atoms with Gasteiger partial charge in [0.15, 0.2) is 55.4 Å². The fourth-order valence-electron chi connectivity index (χ4n) is 12.2. The fraction of sp³-hybridized carbons (Fsp3) is 0.964. The Morgan fingerprint density at radius 2 is 0.557 bits per heavy atom. The van der Waals surface area contributed by atoms with E-state index in [2.05, 4.69) is 0 Å². The lowest BCUT2D eigenvalue weighted by Gasteiger charge is -2.50. The second-order valence-corrected chi connectivity index (χ2v) is 23.6. The normalized spacial score (nSPS) is 50.0. The van der Waals surface area contributed by atoms with Crippen LogP contribution in [0.25, 0.3) is 0 Å². The topological polar surface area (TPSA) is 482 Å². The van der Waals surface area contributed by atoms with Gasteiger partial charge in [0, 0.05) is 0 Å². The number of rotatable bonds is 11. The molecule has 36 atom stereocenters. The van der Waals surface area contributed by atoms with E-state index in [4.69, 9.17) is 71.4 Å². The van der Waals surface area contributed by atoms with Crippen molar-refractivity contribution in [3.05, 3.63) is 11.5 Å². The Balaban J connectivity index is 1.19. The minimum Gasteiger partial charge on any atom is -0.506 e. The molecule has 0 aliphatic carbocycles. The van der Waals surface area contributed by atoms with Crippen molar-refractivity contribution in [1.82, 2.24) is 0 Å². The molecule has 0 aromatic rings. The van der Waals surface area contributed by atoms with E-state index in [9.17, 15) is 86.8 Å². The first-order valence-corrected chi connectivity index (χ1v) is 30.9. The van der Waals surface area contributed by atoms with Gasteiger partial charge in [-0.15, -0.1) is 0 Å². The van der Waals surface area contributed by atoms with E-state index in [1.165, 1.54) is 6.92 Å². The number of aliphatic hydroxyl groups is 17. The molecule has 0 spiro atoms. The molecular formula is C56H98O32. The molecule has 32 heteroatoms. The molecule has 15 rings (SSSR count). The molecule has 36 unspecified atom stereocenters. The van der Waals surface area contributed by atoms with Crippen LogP contribution in [0.2, 0.25) is 0 Å². The molecule has 12 bridgehead atoms. The zero-order chi connectivity index (χ0) is 64.9. The molecule has 0 aromatic heterocycles. The number of ether oxygens (including phenoxy) is 13. The van der Waals surface area contributed by atoms with Crippen molar-refractivity contribution < 1.29 is 158 Å². The van der Waals surface area contributed by atoms with Gasteiger partial charge < -0.3 is 148 Å². The summed E-state index contributed by atoms with van der Waals surface area (Å²) in [5.74, 6) is -2.26. The van der Waals surface area contributed by atoms with Crippen molar-refractivity contribution >= 4 is 0 Å². The third-order valence-electron chi connectivity index (χ3n) is 17.5. The van der Waals surface area contributed by atoms with Gasteiger partial charge in [0.2, 0.25) is 6.29 Å². The minimum absolute atomic E-state index is 0.000252. The lowest BCUT2D eigenvalue weighted by molar-refractivity contribution is -0.398. The maximum Gasteiger partial charge on any atom is 0.218 e. The van der Waals surface area contributed by atoms with Gasteiger partial charge in [-0.3, -0.25) is 0 Å². The van der Waals surface area contributed by atoms with Gasteiger partial charge in [0.05, 0.1) is 42.7 Å². The summed E-state index contributed by atoms with van der Waals surface area (Å²) in [5.41, 5.74) is 0. The lowest BCUT2D eigenvalue weighted by atomic mass is 9.93. The summed E-state index contributed by atoms with van der Waals surface area (Å²) in [6.07, 6.45) is -59.7. The van der Waals surface area contributed by atoms with Crippen LogP contribution in [-0.2, 0) is 71.4 Å². The van der Waals surface area contributed by atoms with Gasteiger partial charge in [-0.05, 0) is 58.3 Å². The van der Waals surface area contributed by atoms with Gasteiger partial charge in [0.25, 0.3) is 0 Å². The molecule has 17 N–H and O–H groups in total. The largest absolute Gasteiger partial charge is 0.506 e. The summed E-state index contributed by atoms with van der Waals surface area (Å²) < 4.78 is 78.7. The molecule has 88 heavy (non-hydrogen) atoms. The smallest absolute Gasteiger partial charge is 0.218 e. The lowest BCUT2D eigenvalue weighted by Crippen LogP contribution is -2.67. The van der Waals surface area contributed by atoms with Crippen LogP contribution >= 0.6 is 0 Å². The number of hydrogen-bond donors (Lipinski definition) is 17. The van der Waals surface area contributed by atoms with E-state index in [0.717, 1.165) is 0 Å². The second kappa shape index (κ2) is 32.5. The monoisotopic (exact) mass is 1280 g/mol. The molecule has 6 fully saturated rings. The Kier molecular flexibility index (Phi) is 27.2. The minimum atomic E-state index is -2.44. The van der Waals surface area contributed by atoms with Crippen LogP contribution < -0.4 is 0 Å². The van der Waals surface area contributed by atoms with Crippen molar-refractivity contribution in [1.29, 1.82) is 0 Å². The first-order valence-electron chi connectivity index (χ1n) is 30.9. The van der Waals surface area contributed by atoms with Crippen molar-refractivity contribution in [3.8, 4) is 0 Å². The highest BCUT2D eigenvalue weighted by atomic mass is 17.2. The van der Waals surface area contributed by atoms with Crippen molar-refractivity contribution in [2.75, 3.05) is 0 Å². The van der Waals surface area contributed by atoms with Crippen molar-refractivity contribution in [2.24, 2.45) is 0 Å². The molecule has 15 aliphatic heterocycles. The van der Waals surface area contributed by atoms with E-state index in [1.54, 1.807) is 55.4 Å². The van der Waals surface area contributed by atoms with Crippen molar-refractivity contribution in [2.45, 2.75) is 341 Å². The third-order valence-corrected chi connectivity index (χ3v) is 17.5. The average Bonchev–Trinajstić information content (AvgIpc) is 1.10. The van der Waals surface area contributed by atoms with Crippen LogP contribution in [0.4, 0.5) is 0 Å². The number of fused-ring (bicyclic) bond motifs is 2. The average molecular weight is 1280 g/mol. The van der Waals surface area contributed by atoms with Crippen LogP contribution in [0.1, 0.15) is 120 Å². The molecule has 514 valence electrons. The maximum atomic E-state index is 11.7. The van der Waals surface area contributed by atoms with E-state index in [-0.39, 0.29) is 57.8 Å². The zero-order valence-corrected chi connectivity index (χ0v) is 50.9. The van der Waals surface area contributed by atoms with E-state index in [1.807, 2.05) is 0 Å². The third kappa shape index (κ3) is 15.8. The van der Waals surface area contributed by atoms with E-state index >= 15 is 0 Å². The molecule has 6 saturated heterocycles. The Bertz CT molecular complexity index is 2110. The van der Waals surface area contributed by atoms with Crippen LogP contribution in [0.3, 0.4) is 0 Å². The first-order chi connectivity index (χ1) is 41.7. The fourth-order valence-corrected chi connectivity index (χ4v) is 12.2. The molecular weight excluding hydrogens is 1180 g/mol. The molecule has 0 radical (unpaired) electrons. The van der Waals surface area contributed by atoms with Gasteiger partial charge in [-0.25, -0.2) is 9.78 Å². The molecule has 15 heterocycles. The Morgan fingerprint density at radius 3 is 0.795 bits per heavy atom. The highest BCUT2D eigenvalue weighted by molar-refractivity contribution is 5.08. The molecule has 0 amide bonds. The molecule has 0 saturated carbocycles. The van der Waals surface area contributed by atoms with Crippen LogP contribution in [-0.4, -0.2) is 308 Å². The summed E-state index contributed by atoms with van der Waals surface area (Å²) in [5, 5.41) is 195. The first kappa shape index (κ1) is 73.5. The molecule has 0 aromatic carbocycles. The standard InChI is InChI=1S/C56H98O32/c1-10-18-27-29(59)36(66)50(73)80-43-20(11-2)74-51(37(67)30(43)60)81-44-21(12-3)75-52(38(68)31(44)61)82-45-22(13-4)76-53(39(69)32(45)62)83-46-23(14-5)77-54(40(70)33(46)63)84-47-24(15-6)78-55(41(71)34(47)64)85-48-25(16-7)79-56(42(72)35(48)65)86-49(28(58)19(9)57)26(17-8)87-88-27/h19-28,30-35,37-73H,10-18H2,1-9H3. The van der Waals surface area contributed by atoms with Crippen LogP contribution in [0.5, 0.6) is 0 Å². The Labute approximate surface area is 509 Å². The summed E-state index contributed by atoms with van der Waals surface area (Å²) in [4.78, 5) is 11.4. The zero-order valence-electron chi connectivity index (χ0n) is 50.9. The van der Waals surface area contributed by atoms with Gasteiger partial charge in [-0.1, -0.05) is 61.8 Å². The van der Waals surface area contributed by atoms with E-state index < -0.39 is 233 Å². The summed E-state index contributed by atoms with van der Waals surface area (Å²) >= 11 is 0. The van der Waals surface area contributed by atoms with Gasteiger partial charge >= 0.3 is 0 Å². The van der Waals surface area contributed by atoms with Gasteiger partial charge in [-0.2, -0.15) is 0 Å². The SMILES string of the molecule is CCCC1OOC(CC)C(C(O)C(C)O)OC2OC(CC)C(OC3OC(CC)C(OC4OC(CC)C(OC5OC(CC)C(OC6OC(CC)C(OC7OC(CC)C(OC(O)C(O)=C1O)C(O)C7O)C(O)C6O)C(O)C5O)C(O)C4O)C(O)C3O)C(O)C2O. The quantitative estimate of drug-likeness (QED) is 0.0880. The highest BCUT2D eigenvalue weighted by Gasteiger charge is 2.58. The summed E-state index contributed by atoms with van der Waals surface area (Å²) in [6, 6.07) is 0. The molecule has 32 nitrogen and oxygen atoms in total. The van der Waals surface area contributed by atoms with Crippen LogP contribution in [0.15, 0.2) is 11.5 Å². The van der Waals surface area contributed by atoms with E-state index in [0.29, 0.717) is 0 Å². The van der Waals surface area contributed by atoms with Crippen molar-refractivity contribution in [3.63, 3.8) is 0 Å². The highest BCUT2D eigenvalue weighted by Crippen LogP contribution is 2.40. The Hall–Kier alpha value is -1.86. The maximum absolute atomic E-state index is 11.7.